The van der Waals surface area contributed by atoms with Crippen molar-refractivity contribution in [3.8, 4) is 0 Å². The summed E-state index contributed by atoms with van der Waals surface area (Å²) in [5.41, 5.74) is 1.54. The molecule has 0 amide bonds. The van der Waals surface area contributed by atoms with Gasteiger partial charge in [0, 0.05) is 0 Å². The van der Waals surface area contributed by atoms with Crippen molar-refractivity contribution >= 4 is 19.7 Å². The predicted octanol–water partition coefficient (Wildman–Crippen LogP) is 1.27. The lowest BCUT2D eigenvalue weighted by atomic mass is 10.2. The number of aliphatic hydroxyl groups excluding tert-OH is 1. The van der Waals surface area contributed by atoms with Gasteiger partial charge in [-0.2, -0.15) is 0 Å². The van der Waals surface area contributed by atoms with Crippen LogP contribution in [0.3, 0.4) is 0 Å². The van der Waals surface area contributed by atoms with Crippen molar-refractivity contribution in [2.75, 3.05) is 72.7 Å². The smallest absolute Gasteiger partial charge is 0.300 e. The summed E-state index contributed by atoms with van der Waals surface area (Å²) in [6.45, 7) is 4.58. The zero-order chi connectivity index (χ0) is 28.8. The van der Waals surface area contributed by atoms with Crippen LogP contribution in [0.15, 0.2) is 58.3 Å². The van der Waals surface area contributed by atoms with E-state index in [1.807, 2.05) is 0 Å². The fourth-order valence-electron chi connectivity index (χ4n) is 3.25. The molecular weight excluding hydrogens is 552 g/mol. The lowest BCUT2D eigenvalue weighted by Gasteiger charge is -2.27. The standard InChI is InChI=1S/C26H38O11S2/c1-22-3-7-24(8-4-22)38(29,30)26(28,39(31,32)25-9-5-23(2)6-10-25)21-37-20-19-36-18-17-35-16-15-34-14-13-33-12-11-27/h3-10,27-28H,11-21H2,1-2H3. The number of ether oxygens (including phenoxy) is 5. The van der Waals surface area contributed by atoms with Crippen molar-refractivity contribution in [1.29, 1.82) is 0 Å². The van der Waals surface area contributed by atoms with E-state index in [1.54, 1.807) is 13.8 Å². The minimum absolute atomic E-state index is 0.0211. The van der Waals surface area contributed by atoms with Crippen LogP contribution in [0, 0.1) is 13.8 Å². The Morgan fingerprint density at radius 1 is 0.564 bits per heavy atom. The van der Waals surface area contributed by atoms with Crippen LogP contribution in [0.4, 0.5) is 0 Å². The van der Waals surface area contributed by atoms with E-state index in [9.17, 15) is 21.9 Å². The monoisotopic (exact) mass is 590 g/mol. The second-order valence-electron chi connectivity index (χ2n) is 8.57. The quantitative estimate of drug-likeness (QED) is 0.214. The van der Waals surface area contributed by atoms with Crippen LogP contribution in [-0.2, 0) is 43.4 Å². The average molecular weight is 591 g/mol. The van der Waals surface area contributed by atoms with Gasteiger partial charge in [-0.15, -0.1) is 0 Å². The van der Waals surface area contributed by atoms with E-state index < -0.39 is 30.5 Å². The molecule has 0 aliphatic rings. The molecule has 13 heteroatoms. The molecule has 0 saturated heterocycles. The van der Waals surface area contributed by atoms with Gasteiger partial charge in [0.15, 0.2) is 0 Å². The normalized spacial score (nSPS) is 12.6. The number of hydrogen-bond donors (Lipinski definition) is 2. The van der Waals surface area contributed by atoms with Gasteiger partial charge < -0.3 is 33.9 Å². The van der Waals surface area contributed by atoms with Crippen molar-refractivity contribution < 1.29 is 50.7 Å². The summed E-state index contributed by atoms with van der Waals surface area (Å²) in [5.74, 6) is 0. The molecule has 0 heterocycles. The molecule has 0 aliphatic heterocycles. The van der Waals surface area contributed by atoms with Crippen molar-refractivity contribution in [1.82, 2.24) is 0 Å². The number of sulfone groups is 2. The van der Waals surface area contributed by atoms with Crippen molar-refractivity contribution in [3.63, 3.8) is 0 Å². The minimum Gasteiger partial charge on any atom is -0.394 e. The maximum atomic E-state index is 13.4. The van der Waals surface area contributed by atoms with Gasteiger partial charge in [-0.1, -0.05) is 35.4 Å². The zero-order valence-corrected chi connectivity index (χ0v) is 23.9. The van der Waals surface area contributed by atoms with Gasteiger partial charge in [0.2, 0.25) is 19.7 Å². The van der Waals surface area contributed by atoms with Crippen LogP contribution < -0.4 is 0 Å². The first-order chi connectivity index (χ1) is 18.6. The molecule has 0 atom stereocenters. The van der Waals surface area contributed by atoms with E-state index in [2.05, 4.69) is 0 Å². The van der Waals surface area contributed by atoms with Gasteiger partial charge in [0.25, 0.3) is 0 Å². The highest BCUT2D eigenvalue weighted by molar-refractivity contribution is 8.10. The van der Waals surface area contributed by atoms with Crippen molar-refractivity contribution in [2.24, 2.45) is 0 Å². The average Bonchev–Trinajstić information content (AvgIpc) is 2.91. The Balaban J connectivity index is 1.90. The molecule has 0 bridgehead atoms. The molecular formula is C26H38O11S2. The van der Waals surface area contributed by atoms with Gasteiger partial charge >= 0.3 is 4.27 Å². The number of aryl methyl sites for hydroxylation is 2. The lowest BCUT2D eigenvalue weighted by molar-refractivity contribution is -0.0192. The molecule has 0 aromatic heterocycles. The molecule has 0 spiro atoms. The van der Waals surface area contributed by atoms with Gasteiger partial charge in [-0.3, -0.25) is 0 Å². The fourth-order valence-corrected chi connectivity index (χ4v) is 7.18. The third-order valence-corrected chi connectivity index (χ3v) is 10.5. The SMILES string of the molecule is Cc1ccc(S(=O)(=O)C(O)(COCCOCCOCCOCCOCCO)S(=O)(=O)c2ccc(C)cc2)cc1. The Hall–Kier alpha value is -1.94. The maximum absolute atomic E-state index is 13.4. The summed E-state index contributed by atoms with van der Waals surface area (Å²) in [6.07, 6.45) is 0. The molecule has 11 nitrogen and oxygen atoms in total. The second kappa shape index (κ2) is 16.4. The largest absolute Gasteiger partial charge is 0.394 e. The number of aliphatic hydroxyl groups is 2. The summed E-state index contributed by atoms with van der Waals surface area (Å²) >= 11 is 0. The summed E-state index contributed by atoms with van der Waals surface area (Å²) in [6, 6.07) is 11.1. The Morgan fingerprint density at radius 2 is 0.872 bits per heavy atom. The van der Waals surface area contributed by atoms with Gasteiger partial charge in [0.05, 0.1) is 75.9 Å². The minimum atomic E-state index is -4.80. The molecule has 0 fully saturated rings. The van der Waals surface area contributed by atoms with E-state index in [0.717, 1.165) is 11.1 Å². The van der Waals surface area contributed by atoms with E-state index in [1.165, 1.54) is 48.5 Å². The molecule has 0 aliphatic carbocycles. The summed E-state index contributed by atoms with van der Waals surface area (Å²) in [5, 5.41) is 19.9. The highest BCUT2D eigenvalue weighted by Gasteiger charge is 2.55. The molecule has 0 saturated carbocycles. The third-order valence-electron chi connectivity index (χ3n) is 5.51. The van der Waals surface area contributed by atoms with E-state index in [-0.39, 0.29) is 49.4 Å². The highest BCUT2D eigenvalue weighted by atomic mass is 32.3. The van der Waals surface area contributed by atoms with Crippen LogP contribution >= 0.6 is 0 Å². The second-order valence-corrected chi connectivity index (χ2v) is 13.1. The van der Waals surface area contributed by atoms with Crippen LogP contribution in [0.5, 0.6) is 0 Å². The summed E-state index contributed by atoms with van der Waals surface area (Å²) in [4.78, 5) is -0.685. The van der Waals surface area contributed by atoms with Gasteiger partial charge in [0.1, 0.15) is 6.61 Å². The third kappa shape index (κ3) is 9.59. The first kappa shape index (κ1) is 33.3. The Morgan fingerprint density at radius 3 is 1.21 bits per heavy atom. The van der Waals surface area contributed by atoms with Crippen LogP contribution in [0.25, 0.3) is 0 Å². The first-order valence-corrected chi connectivity index (χ1v) is 15.4. The molecule has 2 aromatic carbocycles. The topological polar surface area (TPSA) is 155 Å². The molecule has 2 aromatic rings. The summed E-state index contributed by atoms with van der Waals surface area (Å²) < 4.78 is 76.9. The molecule has 2 N–H and O–H groups in total. The Bertz CT molecular complexity index is 1100. The van der Waals surface area contributed by atoms with Gasteiger partial charge in [-0.25, -0.2) is 16.8 Å². The molecule has 2 rings (SSSR count). The molecule has 220 valence electrons. The van der Waals surface area contributed by atoms with Crippen LogP contribution in [0.2, 0.25) is 0 Å². The van der Waals surface area contributed by atoms with Gasteiger partial charge in [-0.05, 0) is 38.1 Å². The molecule has 0 radical (unpaired) electrons. The van der Waals surface area contributed by atoms with E-state index in [0.29, 0.717) is 26.4 Å². The lowest BCUT2D eigenvalue weighted by Crippen LogP contribution is -2.50. The maximum Gasteiger partial charge on any atom is 0.300 e. The van der Waals surface area contributed by atoms with Crippen LogP contribution in [-0.4, -0.2) is 104 Å². The highest BCUT2D eigenvalue weighted by Crippen LogP contribution is 2.34. The van der Waals surface area contributed by atoms with E-state index in [4.69, 9.17) is 28.8 Å². The van der Waals surface area contributed by atoms with E-state index >= 15 is 0 Å². The fraction of sp³-hybridized carbons (Fsp3) is 0.538. The number of rotatable bonds is 20. The molecule has 0 unspecified atom stereocenters. The number of benzene rings is 2. The number of hydrogen-bond acceptors (Lipinski definition) is 11. The van der Waals surface area contributed by atoms with Crippen molar-refractivity contribution in [2.45, 2.75) is 27.9 Å². The Labute approximate surface area is 230 Å². The zero-order valence-electron chi connectivity index (χ0n) is 22.3. The first-order valence-electron chi connectivity index (χ1n) is 12.4. The van der Waals surface area contributed by atoms with Crippen LogP contribution in [0.1, 0.15) is 11.1 Å². The summed E-state index contributed by atoms with van der Waals surface area (Å²) in [7, 11) is -9.60. The predicted molar refractivity (Wildman–Crippen MR) is 143 cm³/mol. The molecule has 39 heavy (non-hydrogen) atoms. The van der Waals surface area contributed by atoms with Crippen molar-refractivity contribution in [3.05, 3.63) is 59.7 Å². The Kier molecular flexibility index (Phi) is 14.0.